The number of hydrogen-bond donors (Lipinski definition) is 2. The molecule has 2 heterocycles. The summed E-state index contributed by atoms with van der Waals surface area (Å²) in [6, 6.07) is 3.72. The third-order valence-corrected chi connectivity index (χ3v) is 4.55. The normalized spacial score (nSPS) is 11.7. The monoisotopic (exact) mass is 338 g/mol. The fraction of sp³-hybridized carbons (Fsp3) is 0.214. The molecular weight excluding hydrogens is 324 g/mol. The first-order valence-corrected chi connectivity index (χ1v) is 8.09. The summed E-state index contributed by atoms with van der Waals surface area (Å²) in [5.74, 6) is -1.72. The smallest absolute Gasteiger partial charge is 0.342 e. The van der Waals surface area contributed by atoms with Crippen LogP contribution in [0.25, 0.3) is 10.4 Å². The summed E-state index contributed by atoms with van der Waals surface area (Å²) in [7, 11) is 0. The number of primary amides is 1. The number of carbonyl (C=O) groups excluding carboxylic acids is 3. The number of nitrogens with one attached hydrogen (secondary N) is 1. The highest BCUT2D eigenvalue weighted by Gasteiger charge is 2.25. The van der Waals surface area contributed by atoms with Crippen LogP contribution in [0.3, 0.4) is 0 Å². The Morgan fingerprint density at radius 3 is 2.59 bits per heavy atom. The molecule has 22 heavy (non-hydrogen) atoms. The maximum absolute atomic E-state index is 12.4. The molecule has 2 amide bonds. The highest BCUT2D eigenvalue weighted by atomic mass is 32.1. The van der Waals surface area contributed by atoms with Gasteiger partial charge >= 0.3 is 5.97 Å². The van der Waals surface area contributed by atoms with Crippen LogP contribution in [0.5, 0.6) is 0 Å². The Kier molecular flexibility index (Phi) is 4.94. The molecule has 1 unspecified atom stereocenters. The van der Waals surface area contributed by atoms with Crippen LogP contribution in [0.2, 0.25) is 0 Å². The molecule has 116 valence electrons. The maximum Gasteiger partial charge on any atom is 0.342 e. The first-order valence-electron chi connectivity index (χ1n) is 6.33. The van der Waals surface area contributed by atoms with Crippen molar-refractivity contribution in [1.82, 2.24) is 0 Å². The van der Waals surface area contributed by atoms with E-state index in [1.54, 1.807) is 5.38 Å². The molecule has 0 saturated carbocycles. The molecule has 0 fully saturated rings. The van der Waals surface area contributed by atoms with Crippen LogP contribution in [0.1, 0.15) is 24.2 Å². The van der Waals surface area contributed by atoms with Crippen LogP contribution >= 0.6 is 22.7 Å². The molecule has 3 N–H and O–H groups in total. The van der Waals surface area contributed by atoms with Gasteiger partial charge in [-0.1, -0.05) is 6.07 Å². The maximum atomic E-state index is 12.4. The zero-order valence-electron chi connectivity index (χ0n) is 11.9. The fourth-order valence-corrected chi connectivity index (χ4v) is 3.52. The van der Waals surface area contributed by atoms with Gasteiger partial charge < -0.3 is 15.8 Å². The molecule has 0 aliphatic rings. The number of esters is 1. The minimum absolute atomic E-state index is 0.232. The van der Waals surface area contributed by atoms with Crippen molar-refractivity contribution < 1.29 is 19.1 Å². The lowest BCUT2D eigenvalue weighted by Crippen LogP contribution is -2.30. The zero-order valence-corrected chi connectivity index (χ0v) is 13.5. The summed E-state index contributed by atoms with van der Waals surface area (Å²) in [6.07, 6.45) is -1.05. The third kappa shape index (κ3) is 3.52. The molecule has 2 aromatic rings. The van der Waals surface area contributed by atoms with Crippen LogP contribution in [0, 0.1) is 0 Å². The van der Waals surface area contributed by atoms with Crippen molar-refractivity contribution in [3.63, 3.8) is 0 Å². The molecule has 0 radical (unpaired) electrons. The zero-order chi connectivity index (χ0) is 16.3. The number of hydrogen-bond acceptors (Lipinski definition) is 6. The summed E-state index contributed by atoms with van der Waals surface area (Å²) in [5.41, 5.74) is 6.00. The first-order chi connectivity index (χ1) is 10.4. The van der Waals surface area contributed by atoms with Crippen LogP contribution in [0.4, 0.5) is 5.00 Å². The molecule has 0 spiro atoms. The van der Waals surface area contributed by atoms with E-state index in [9.17, 15) is 14.4 Å². The Morgan fingerprint density at radius 1 is 1.32 bits per heavy atom. The molecule has 0 aliphatic carbocycles. The van der Waals surface area contributed by atoms with Gasteiger partial charge in [-0.15, -0.1) is 22.7 Å². The Balaban J connectivity index is 2.41. The fourth-order valence-electron chi connectivity index (χ4n) is 1.70. The van der Waals surface area contributed by atoms with Gasteiger partial charge in [0, 0.05) is 22.7 Å². The average Bonchev–Trinajstić information content (AvgIpc) is 3.06. The van der Waals surface area contributed by atoms with Gasteiger partial charge in [-0.3, -0.25) is 9.59 Å². The Morgan fingerprint density at radius 2 is 2.05 bits per heavy atom. The molecule has 2 rings (SSSR count). The summed E-state index contributed by atoms with van der Waals surface area (Å²) in [5, 5.41) is 6.64. The number of rotatable bonds is 5. The van der Waals surface area contributed by atoms with Crippen LogP contribution in [-0.2, 0) is 14.3 Å². The molecule has 6 nitrogen and oxygen atoms in total. The standard InChI is InChI=1S/C14H14N2O4S2/c1-7(12(15)18)20-14(19)11-9(10-4-3-5-21-10)6-22-13(11)16-8(2)17/h3-7H,1-2H3,(H2,15,18)(H,16,17). The van der Waals surface area contributed by atoms with Crippen LogP contribution in [-0.4, -0.2) is 23.9 Å². The summed E-state index contributed by atoms with van der Waals surface area (Å²) in [6.45, 7) is 2.75. The Bertz CT molecular complexity index is 707. The van der Waals surface area contributed by atoms with Crippen molar-refractivity contribution in [1.29, 1.82) is 0 Å². The molecule has 0 aromatic carbocycles. The van der Waals surface area contributed by atoms with Gasteiger partial charge in [-0.25, -0.2) is 4.79 Å². The number of nitrogens with two attached hydrogens (primary N) is 1. The van der Waals surface area contributed by atoms with Crippen molar-refractivity contribution >= 4 is 45.5 Å². The van der Waals surface area contributed by atoms with E-state index in [0.29, 0.717) is 10.6 Å². The second-order valence-electron chi connectivity index (χ2n) is 4.46. The third-order valence-electron chi connectivity index (χ3n) is 2.76. The molecule has 0 aliphatic heterocycles. The largest absolute Gasteiger partial charge is 0.449 e. The summed E-state index contributed by atoms with van der Waals surface area (Å²) in [4.78, 5) is 35.6. The Labute approximate surface area is 134 Å². The lowest BCUT2D eigenvalue weighted by atomic mass is 10.1. The van der Waals surface area contributed by atoms with E-state index in [0.717, 1.165) is 4.88 Å². The van der Waals surface area contributed by atoms with Gasteiger partial charge in [0.05, 0.1) is 0 Å². The number of thiophene rings is 2. The van der Waals surface area contributed by atoms with Gasteiger partial charge in [-0.2, -0.15) is 0 Å². The number of ether oxygens (including phenoxy) is 1. The van der Waals surface area contributed by atoms with Crippen molar-refractivity contribution in [2.24, 2.45) is 5.73 Å². The van der Waals surface area contributed by atoms with E-state index in [4.69, 9.17) is 10.5 Å². The highest BCUT2D eigenvalue weighted by molar-refractivity contribution is 7.17. The van der Waals surface area contributed by atoms with E-state index in [1.807, 2.05) is 17.5 Å². The van der Waals surface area contributed by atoms with Gasteiger partial charge in [0.25, 0.3) is 5.91 Å². The van der Waals surface area contributed by atoms with E-state index in [-0.39, 0.29) is 11.5 Å². The molecule has 8 heteroatoms. The van der Waals surface area contributed by atoms with Gasteiger partial charge in [0.1, 0.15) is 10.6 Å². The van der Waals surface area contributed by atoms with Crippen molar-refractivity contribution in [2.45, 2.75) is 20.0 Å². The average molecular weight is 338 g/mol. The lowest BCUT2D eigenvalue weighted by molar-refractivity contribution is -0.125. The predicted octanol–water partition coefficient (Wildman–Crippen LogP) is 2.47. The van der Waals surface area contributed by atoms with E-state index >= 15 is 0 Å². The molecule has 1 atom stereocenters. The lowest BCUT2D eigenvalue weighted by Gasteiger charge is -2.11. The van der Waals surface area contributed by atoms with Gasteiger partial charge in [-0.05, 0) is 18.4 Å². The van der Waals surface area contributed by atoms with Gasteiger partial charge in [0.15, 0.2) is 6.10 Å². The topological polar surface area (TPSA) is 98.5 Å². The number of amides is 2. The Hall–Kier alpha value is -2.19. The predicted molar refractivity (Wildman–Crippen MR) is 86.0 cm³/mol. The minimum atomic E-state index is -1.05. The SMILES string of the molecule is CC(=O)Nc1scc(-c2cccs2)c1C(=O)OC(C)C(N)=O. The first kappa shape index (κ1) is 16.2. The number of carbonyl (C=O) groups is 3. The van der Waals surface area contributed by atoms with Crippen LogP contribution < -0.4 is 11.1 Å². The molecule has 2 aromatic heterocycles. The summed E-state index contributed by atoms with van der Waals surface area (Å²) < 4.78 is 5.06. The minimum Gasteiger partial charge on any atom is -0.449 e. The van der Waals surface area contributed by atoms with Crippen molar-refractivity contribution in [2.75, 3.05) is 5.32 Å². The van der Waals surface area contributed by atoms with Crippen molar-refractivity contribution in [3.05, 3.63) is 28.5 Å². The molecule has 0 saturated heterocycles. The van der Waals surface area contributed by atoms with Gasteiger partial charge in [0.2, 0.25) is 5.91 Å². The van der Waals surface area contributed by atoms with E-state index in [1.165, 1.54) is 36.5 Å². The number of anilines is 1. The second kappa shape index (κ2) is 6.71. The molecule has 0 bridgehead atoms. The molecular formula is C14H14N2O4S2. The second-order valence-corrected chi connectivity index (χ2v) is 6.29. The highest BCUT2D eigenvalue weighted by Crippen LogP contribution is 2.38. The summed E-state index contributed by atoms with van der Waals surface area (Å²) >= 11 is 2.68. The van der Waals surface area contributed by atoms with Crippen LogP contribution in [0.15, 0.2) is 22.9 Å². The van der Waals surface area contributed by atoms with E-state index < -0.39 is 18.0 Å². The quantitative estimate of drug-likeness (QED) is 0.818. The van der Waals surface area contributed by atoms with E-state index in [2.05, 4.69) is 5.32 Å². The van der Waals surface area contributed by atoms with Crippen molar-refractivity contribution in [3.8, 4) is 10.4 Å².